The van der Waals surface area contributed by atoms with Crippen molar-refractivity contribution in [3.8, 4) is 50.6 Å². The highest BCUT2D eigenvalue weighted by molar-refractivity contribution is 6.16. The molecule has 0 aliphatic carbocycles. The van der Waals surface area contributed by atoms with Crippen LogP contribution in [0.2, 0.25) is 0 Å². The molecule has 0 amide bonds. The van der Waals surface area contributed by atoms with Crippen LogP contribution in [0, 0.1) is 0 Å². The number of nitrogens with zero attached hydrogens (tertiary/aromatic N) is 1. The zero-order valence-electron chi connectivity index (χ0n) is 30.2. The van der Waals surface area contributed by atoms with E-state index in [0.717, 1.165) is 27.5 Å². The molecule has 0 atom stereocenters. The van der Waals surface area contributed by atoms with Crippen molar-refractivity contribution in [3.63, 3.8) is 0 Å². The third-order valence-electron chi connectivity index (χ3n) is 8.01. The van der Waals surface area contributed by atoms with Gasteiger partial charge in [0.05, 0.1) is 22.0 Å². The first kappa shape index (κ1) is 16.6. The maximum Gasteiger partial charge on any atom is 0.135 e. The van der Waals surface area contributed by atoms with Crippen molar-refractivity contribution in [1.82, 2.24) is 4.57 Å². The number of benzene rings is 7. The van der Waals surface area contributed by atoms with Crippen molar-refractivity contribution in [3.05, 3.63) is 151 Å². The van der Waals surface area contributed by atoms with Gasteiger partial charge in [0.15, 0.2) is 0 Å². The van der Waals surface area contributed by atoms with Crippen LogP contribution in [0.15, 0.2) is 151 Å². The third-order valence-corrected chi connectivity index (χ3v) is 8.01. The normalized spacial score (nSPS) is 14.7. The lowest BCUT2D eigenvalue weighted by Gasteiger charge is -2.22. The highest BCUT2D eigenvalue weighted by atomic mass is 16.5. The molecular weight excluding hydrogens is 510 g/mol. The second kappa shape index (κ2) is 8.95. The minimum absolute atomic E-state index is 0.0446. The molecule has 7 aromatic carbocycles. The summed E-state index contributed by atoms with van der Waals surface area (Å²) in [6.07, 6.45) is 0. The van der Waals surface area contributed by atoms with Gasteiger partial charge in [-0.25, -0.2) is 0 Å². The smallest absolute Gasteiger partial charge is 0.135 e. The molecule has 1 aromatic heterocycles. The molecule has 0 unspecified atom stereocenters. The fourth-order valence-corrected chi connectivity index (χ4v) is 6.26. The van der Waals surface area contributed by atoms with E-state index in [2.05, 4.69) is 4.57 Å². The van der Waals surface area contributed by atoms with E-state index in [1.807, 2.05) is 78.9 Å². The van der Waals surface area contributed by atoms with E-state index in [1.165, 1.54) is 0 Å². The Labute approximate surface area is 254 Å². The zero-order chi connectivity index (χ0) is 34.6. The van der Waals surface area contributed by atoms with Crippen molar-refractivity contribution in [2.24, 2.45) is 0 Å². The quantitative estimate of drug-likeness (QED) is 0.216. The number of para-hydroxylation sites is 3. The summed E-state index contributed by atoms with van der Waals surface area (Å²) in [6, 6.07) is 30.5. The van der Waals surface area contributed by atoms with E-state index in [4.69, 9.17) is 14.3 Å². The fourth-order valence-electron chi connectivity index (χ4n) is 6.26. The summed E-state index contributed by atoms with van der Waals surface area (Å²) in [5, 5.41) is 2.96. The lowest BCUT2D eigenvalue weighted by molar-refractivity contribution is 0.487. The average molecular weight is 544 g/mol. The minimum Gasteiger partial charge on any atom is -0.456 e. The predicted molar refractivity (Wildman–Crippen MR) is 175 cm³/mol. The molecule has 8 aromatic rings. The van der Waals surface area contributed by atoms with E-state index in [-0.39, 0.29) is 70.8 Å². The molecule has 0 saturated heterocycles. The van der Waals surface area contributed by atoms with Gasteiger partial charge in [-0.05, 0) is 75.6 Å². The van der Waals surface area contributed by atoms with Gasteiger partial charge in [-0.3, -0.25) is 0 Å². The summed E-state index contributed by atoms with van der Waals surface area (Å²) in [5.74, 6) is 0.431. The Morgan fingerprint density at radius 2 is 1.21 bits per heavy atom. The summed E-state index contributed by atoms with van der Waals surface area (Å²) in [4.78, 5) is 0. The monoisotopic (exact) mass is 543 g/mol. The molecule has 0 saturated carbocycles. The first-order valence-electron chi connectivity index (χ1n) is 17.7. The van der Waals surface area contributed by atoms with Crippen LogP contribution in [0.1, 0.15) is 11.0 Å². The molecule has 0 bridgehead atoms. The number of hydrogen-bond donors (Lipinski definition) is 0. The van der Waals surface area contributed by atoms with Gasteiger partial charge in [0.2, 0.25) is 0 Å². The van der Waals surface area contributed by atoms with Gasteiger partial charge in [-0.2, -0.15) is 0 Å². The van der Waals surface area contributed by atoms with Gasteiger partial charge in [0.25, 0.3) is 0 Å². The van der Waals surface area contributed by atoms with Crippen molar-refractivity contribution in [1.29, 1.82) is 0 Å². The summed E-state index contributed by atoms with van der Waals surface area (Å²) < 4.78 is 78.8. The summed E-state index contributed by atoms with van der Waals surface area (Å²) in [5.41, 5.74) is 5.15. The minimum atomic E-state index is -0.383. The Kier molecular flexibility index (Phi) is 3.54. The maximum absolute atomic E-state index is 9.66. The number of rotatable bonds is 3. The molecule has 42 heavy (non-hydrogen) atoms. The predicted octanol–water partition coefficient (Wildman–Crippen LogP) is 11.0. The highest BCUT2D eigenvalue weighted by Crippen LogP contribution is 2.48. The van der Waals surface area contributed by atoms with Crippen molar-refractivity contribution < 1.29 is 15.7 Å². The molecule has 9 rings (SSSR count). The number of aromatic nitrogens is 1. The molecule has 2 nitrogen and oxygen atoms in total. The second-order valence-corrected chi connectivity index (χ2v) is 10.3. The Balaban J connectivity index is 1.35. The zero-order valence-corrected chi connectivity index (χ0v) is 22.2. The Hall–Kier alpha value is -5.60. The summed E-state index contributed by atoms with van der Waals surface area (Å²) >= 11 is 0. The number of ether oxygens (including phenoxy) is 1. The van der Waals surface area contributed by atoms with Gasteiger partial charge in [-0.15, -0.1) is 0 Å². The maximum atomic E-state index is 9.66. The number of fused-ring (bicyclic) bond motifs is 5. The Bertz CT molecular complexity index is 2770. The molecule has 0 radical (unpaired) electrons. The largest absolute Gasteiger partial charge is 0.456 e. The Morgan fingerprint density at radius 1 is 0.476 bits per heavy atom. The van der Waals surface area contributed by atoms with E-state index >= 15 is 0 Å². The van der Waals surface area contributed by atoms with Gasteiger partial charge in [0.1, 0.15) is 11.5 Å². The molecule has 0 N–H and O–H groups in total. The van der Waals surface area contributed by atoms with Crippen LogP contribution in [-0.2, 0) is 0 Å². The standard InChI is InChI=1S/C40H25NO/c1-2-13-28(14-3-1)41-35-20-6-4-16-34(35)39-30(17-10-21-36(39)41)27-12-8-11-26(25-27)29-23-24-38-40-32(29)18-9-19-33(40)31-15-5-7-22-37(31)42-38/h1-25H/i5D,7D,8D,11D,12D,15D,22D,25D. The van der Waals surface area contributed by atoms with Gasteiger partial charge < -0.3 is 9.30 Å². The van der Waals surface area contributed by atoms with Crippen LogP contribution >= 0.6 is 0 Å². The second-order valence-electron chi connectivity index (χ2n) is 10.3. The van der Waals surface area contributed by atoms with E-state index in [0.29, 0.717) is 33.2 Å². The molecular formula is C40H25NO. The molecule has 1 aliphatic rings. The highest BCUT2D eigenvalue weighted by Gasteiger charge is 2.21. The van der Waals surface area contributed by atoms with Crippen LogP contribution in [0.3, 0.4) is 0 Å². The van der Waals surface area contributed by atoms with Crippen LogP contribution in [0.25, 0.3) is 71.6 Å². The van der Waals surface area contributed by atoms with E-state index in [9.17, 15) is 1.37 Å². The van der Waals surface area contributed by atoms with Crippen molar-refractivity contribution >= 4 is 32.6 Å². The topological polar surface area (TPSA) is 14.2 Å². The van der Waals surface area contributed by atoms with E-state index in [1.54, 1.807) is 24.3 Å². The van der Waals surface area contributed by atoms with Crippen molar-refractivity contribution in [2.75, 3.05) is 0 Å². The molecule has 0 spiro atoms. The summed E-state index contributed by atoms with van der Waals surface area (Å²) in [7, 11) is 0. The van der Waals surface area contributed by atoms with Crippen LogP contribution in [0.5, 0.6) is 11.5 Å². The molecule has 2 heteroatoms. The Morgan fingerprint density at radius 3 is 2.14 bits per heavy atom. The molecule has 2 heterocycles. The SMILES string of the molecule is [2H]c1c([2H])c([2H])c2c(c1[2H])Oc1ccc(-c3c([2H])c([2H])c([2H])c(-c4cccc5c4c4ccccc4n5-c4ccccc4)c3[2H])c3cccc-2c13. The lowest BCUT2D eigenvalue weighted by Crippen LogP contribution is -1.97. The van der Waals surface area contributed by atoms with Gasteiger partial charge in [-0.1, -0.05) is 109 Å². The van der Waals surface area contributed by atoms with Crippen molar-refractivity contribution in [2.45, 2.75) is 0 Å². The molecule has 1 aliphatic heterocycles. The van der Waals surface area contributed by atoms with E-state index < -0.39 is 0 Å². The molecule has 196 valence electrons. The van der Waals surface area contributed by atoms with Gasteiger partial charge in [0, 0.05) is 27.4 Å². The van der Waals surface area contributed by atoms with Gasteiger partial charge >= 0.3 is 0 Å². The number of hydrogen-bond acceptors (Lipinski definition) is 1. The third kappa shape index (κ3) is 3.33. The first-order chi connectivity index (χ1) is 24.2. The fraction of sp³-hybridized carbons (Fsp3) is 0. The average Bonchev–Trinajstić information content (AvgIpc) is 3.48. The first-order valence-corrected chi connectivity index (χ1v) is 13.7. The van der Waals surface area contributed by atoms with Crippen LogP contribution in [0.4, 0.5) is 0 Å². The van der Waals surface area contributed by atoms with Crippen LogP contribution in [-0.4, -0.2) is 4.57 Å². The molecule has 0 fully saturated rings. The van der Waals surface area contributed by atoms with Crippen LogP contribution < -0.4 is 4.74 Å². The lowest BCUT2D eigenvalue weighted by atomic mass is 9.89. The summed E-state index contributed by atoms with van der Waals surface area (Å²) in [6.45, 7) is 0.